The van der Waals surface area contributed by atoms with Gasteiger partial charge in [0.2, 0.25) is 0 Å². The van der Waals surface area contributed by atoms with Crippen molar-refractivity contribution >= 4 is 46.4 Å². The Balaban J connectivity index is 1.39. The Kier molecular flexibility index (Phi) is 8.16. The summed E-state index contributed by atoms with van der Waals surface area (Å²) in [5.41, 5.74) is 2.02. The van der Waals surface area contributed by atoms with E-state index < -0.39 is 21.7 Å². The number of non-ortho nitro benzene ring substituents is 2. The standard InChI is InChI=1S/C29H20N4O7/c34-27(22-4-2-6-24(18-22)31-29(36)21-10-14-26(15-11-21)33(39)40)16-7-19-3-1-5-23(17-19)30-28(35)20-8-12-25(13-9-20)32(37)38/h1-18H,(H,30,35)(H,31,36)/b16-7-. The molecule has 0 bridgehead atoms. The van der Waals surface area contributed by atoms with E-state index in [9.17, 15) is 34.6 Å². The lowest BCUT2D eigenvalue weighted by molar-refractivity contribution is -0.385. The number of rotatable bonds is 9. The van der Waals surface area contributed by atoms with Crippen molar-refractivity contribution in [1.29, 1.82) is 0 Å². The molecule has 0 aliphatic rings. The summed E-state index contributed by atoms with van der Waals surface area (Å²) in [5, 5.41) is 27.0. The highest BCUT2D eigenvalue weighted by Crippen LogP contribution is 2.18. The van der Waals surface area contributed by atoms with Crippen LogP contribution in [-0.4, -0.2) is 27.4 Å². The highest BCUT2D eigenvalue weighted by molar-refractivity contribution is 6.09. The van der Waals surface area contributed by atoms with Gasteiger partial charge < -0.3 is 10.6 Å². The molecule has 2 amide bonds. The van der Waals surface area contributed by atoms with Gasteiger partial charge in [-0.05, 0) is 60.2 Å². The molecule has 0 atom stereocenters. The zero-order valence-electron chi connectivity index (χ0n) is 20.6. The average molecular weight is 537 g/mol. The predicted octanol–water partition coefficient (Wildman–Crippen LogP) is 5.90. The van der Waals surface area contributed by atoms with Gasteiger partial charge in [-0.3, -0.25) is 34.6 Å². The molecule has 4 aromatic carbocycles. The third kappa shape index (κ3) is 6.86. The minimum absolute atomic E-state index is 0.120. The molecule has 0 saturated carbocycles. The molecule has 198 valence electrons. The first-order valence-corrected chi connectivity index (χ1v) is 11.7. The van der Waals surface area contributed by atoms with Gasteiger partial charge in [0.25, 0.3) is 23.2 Å². The largest absolute Gasteiger partial charge is 0.322 e. The summed E-state index contributed by atoms with van der Waals surface area (Å²) in [7, 11) is 0. The summed E-state index contributed by atoms with van der Waals surface area (Å²) in [6, 6.07) is 23.5. The molecule has 0 fully saturated rings. The second-order valence-corrected chi connectivity index (χ2v) is 8.42. The molecule has 0 spiro atoms. The van der Waals surface area contributed by atoms with E-state index >= 15 is 0 Å². The lowest BCUT2D eigenvalue weighted by atomic mass is 10.1. The van der Waals surface area contributed by atoms with Gasteiger partial charge in [-0.25, -0.2) is 0 Å². The number of allylic oxidation sites excluding steroid dienone is 1. The second kappa shape index (κ2) is 12.0. The molecule has 4 rings (SSSR count). The normalized spacial score (nSPS) is 10.6. The Hall–Kier alpha value is -5.97. The van der Waals surface area contributed by atoms with Gasteiger partial charge >= 0.3 is 0 Å². The fourth-order valence-electron chi connectivity index (χ4n) is 3.61. The molecule has 0 saturated heterocycles. The third-order valence-corrected chi connectivity index (χ3v) is 5.66. The Labute approximate surface area is 227 Å². The smallest absolute Gasteiger partial charge is 0.269 e. The van der Waals surface area contributed by atoms with E-state index in [1.54, 1.807) is 48.5 Å². The van der Waals surface area contributed by atoms with E-state index in [2.05, 4.69) is 10.6 Å². The molecule has 2 N–H and O–H groups in total. The summed E-state index contributed by atoms with van der Waals surface area (Å²) in [6.07, 6.45) is 2.93. The zero-order chi connectivity index (χ0) is 28.6. The van der Waals surface area contributed by atoms with Crippen molar-refractivity contribution in [3.8, 4) is 0 Å². The molecule has 0 unspecified atom stereocenters. The summed E-state index contributed by atoms with van der Waals surface area (Å²) in [4.78, 5) is 58.2. The maximum Gasteiger partial charge on any atom is 0.269 e. The van der Waals surface area contributed by atoms with Crippen LogP contribution in [0, 0.1) is 20.2 Å². The van der Waals surface area contributed by atoms with Crippen LogP contribution in [0.4, 0.5) is 22.7 Å². The first-order chi connectivity index (χ1) is 19.2. The molecule has 11 heteroatoms. The van der Waals surface area contributed by atoms with Gasteiger partial charge in [0, 0.05) is 52.3 Å². The van der Waals surface area contributed by atoms with Crippen molar-refractivity contribution < 1.29 is 24.2 Å². The van der Waals surface area contributed by atoms with Gasteiger partial charge in [0.15, 0.2) is 5.78 Å². The number of nitro groups is 2. The quantitative estimate of drug-likeness (QED) is 0.116. The van der Waals surface area contributed by atoms with Crippen LogP contribution in [0.2, 0.25) is 0 Å². The minimum Gasteiger partial charge on any atom is -0.322 e. The number of benzene rings is 4. The zero-order valence-corrected chi connectivity index (χ0v) is 20.6. The first kappa shape index (κ1) is 27.1. The minimum atomic E-state index is -0.557. The highest BCUT2D eigenvalue weighted by Gasteiger charge is 2.12. The SMILES string of the molecule is O=C(/C=C\c1cccc(NC(=O)c2ccc([N+](=O)[O-])cc2)c1)c1cccc(NC(=O)c2ccc([N+](=O)[O-])cc2)c1. The van der Waals surface area contributed by atoms with Crippen LogP contribution in [0.25, 0.3) is 6.08 Å². The topological polar surface area (TPSA) is 162 Å². The average Bonchev–Trinajstić information content (AvgIpc) is 2.96. The third-order valence-electron chi connectivity index (χ3n) is 5.66. The number of carbonyl (C=O) groups excluding carboxylic acids is 3. The Bertz CT molecular complexity index is 1650. The van der Waals surface area contributed by atoms with E-state index in [1.807, 2.05) is 0 Å². The van der Waals surface area contributed by atoms with E-state index in [-0.39, 0.29) is 28.3 Å². The Morgan fingerprint density at radius 3 is 1.57 bits per heavy atom. The fourth-order valence-corrected chi connectivity index (χ4v) is 3.61. The van der Waals surface area contributed by atoms with Crippen LogP contribution in [0.1, 0.15) is 36.6 Å². The van der Waals surface area contributed by atoms with Gasteiger partial charge in [-0.2, -0.15) is 0 Å². The monoisotopic (exact) mass is 536 g/mol. The molecule has 0 radical (unpaired) electrons. The van der Waals surface area contributed by atoms with Crippen molar-refractivity contribution in [2.45, 2.75) is 0 Å². The molecule has 0 aliphatic carbocycles. The number of carbonyl (C=O) groups is 3. The lowest BCUT2D eigenvalue weighted by Gasteiger charge is -2.07. The number of nitrogens with zero attached hydrogens (tertiary/aromatic N) is 2. The summed E-state index contributed by atoms with van der Waals surface area (Å²) in [6.45, 7) is 0. The van der Waals surface area contributed by atoms with Gasteiger partial charge in [-0.15, -0.1) is 0 Å². The number of ketones is 1. The highest BCUT2D eigenvalue weighted by atomic mass is 16.6. The van der Waals surface area contributed by atoms with Crippen LogP contribution < -0.4 is 10.6 Å². The fraction of sp³-hybridized carbons (Fsp3) is 0. The Morgan fingerprint density at radius 1 is 0.600 bits per heavy atom. The lowest BCUT2D eigenvalue weighted by Crippen LogP contribution is -2.12. The molecule has 11 nitrogen and oxygen atoms in total. The van der Waals surface area contributed by atoms with Crippen LogP contribution in [0.3, 0.4) is 0 Å². The molecular weight excluding hydrogens is 516 g/mol. The van der Waals surface area contributed by atoms with E-state index in [0.717, 1.165) is 0 Å². The van der Waals surface area contributed by atoms with E-state index in [1.165, 1.54) is 60.7 Å². The summed E-state index contributed by atoms with van der Waals surface area (Å²) in [5.74, 6) is -1.26. The van der Waals surface area contributed by atoms with Gasteiger partial charge in [-0.1, -0.05) is 30.3 Å². The maximum absolute atomic E-state index is 12.8. The van der Waals surface area contributed by atoms with E-state index in [4.69, 9.17) is 0 Å². The van der Waals surface area contributed by atoms with Crippen LogP contribution in [-0.2, 0) is 0 Å². The molecule has 0 heterocycles. The van der Waals surface area contributed by atoms with Crippen molar-refractivity contribution in [2.75, 3.05) is 10.6 Å². The maximum atomic E-state index is 12.8. The molecule has 0 aromatic heterocycles. The summed E-state index contributed by atoms with van der Waals surface area (Å²) >= 11 is 0. The van der Waals surface area contributed by atoms with Crippen molar-refractivity contribution in [3.63, 3.8) is 0 Å². The summed E-state index contributed by atoms with van der Waals surface area (Å²) < 4.78 is 0. The number of anilines is 2. The molecule has 4 aromatic rings. The number of nitro benzene ring substituents is 2. The molecular formula is C29H20N4O7. The number of hydrogen-bond acceptors (Lipinski definition) is 7. The van der Waals surface area contributed by atoms with Crippen molar-refractivity contribution in [2.24, 2.45) is 0 Å². The van der Waals surface area contributed by atoms with Crippen LogP contribution in [0.5, 0.6) is 0 Å². The van der Waals surface area contributed by atoms with Crippen LogP contribution >= 0.6 is 0 Å². The van der Waals surface area contributed by atoms with Crippen LogP contribution in [0.15, 0.2) is 103 Å². The molecule has 40 heavy (non-hydrogen) atoms. The number of hydrogen-bond donors (Lipinski definition) is 2. The second-order valence-electron chi connectivity index (χ2n) is 8.42. The van der Waals surface area contributed by atoms with Crippen molar-refractivity contribution in [1.82, 2.24) is 0 Å². The van der Waals surface area contributed by atoms with E-state index in [0.29, 0.717) is 22.5 Å². The van der Waals surface area contributed by atoms with Crippen molar-refractivity contribution in [3.05, 3.63) is 146 Å². The van der Waals surface area contributed by atoms with Gasteiger partial charge in [0.05, 0.1) is 9.85 Å². The Morgan fingerprint density at radius 2 is 1.07 bits per heavy atom. The predicted molar refractivity (Wildman–Crippen MR) is 148 cm³/mol. The first-order valence-electron chi connectivity index (χ1n) is 11.7. The van der Waals surface area contributed by atoms with Gasteiger partial charge in [0.1, 0.15) is 0 Å². The number of nitrogens with one attached hydrogen (secondary N) is 2. The molecule has 0 aliphatic heterocycles. The number of amides is 2.